The molecule has 2 aliphatic rings. The van der Waals surface area contributed by atoms with Crippen LogP contribution in [0.5, 0.6) is 11.5 Å². The van der Waals surface area contributed by atoms with Crippen LogP contribution in [0, 0.1) is 6.92 Å². The molecule has 26 heavy (non-hydrogen) atoms. The molecule has 1 saturated carbocycles. The van der Waals surface area contributed by atoms with Crippen LogP contribution < -0.4 is 15.2 Å². The molecule has 1 atom stereocenters. The Balaban J connectivity index is 0.00000196. The van der Waals surface area contributed by atoms with Gasteiger partial charge in [0.15, 0.2) is 0 Å². The molecule has 0 aromatic heterocycles. The molecule has 0 radical (unpaired) electrons. The fourth-order valence-corrected chi connectivity index (χ4v) is 4.00. The predicted octanol–water partition coefficient (Wildman–Crippen LogP) is 5.13. The van der Waals surface area contributed by atoms with Crippen molar-refractivity contribution in [1.82, 2.24) is 0 Å². The Morgan fingerprint density at radius 2 is 1.77 bits per heavy atom. The molecule has 1 fully saturated rings. The number of aryl methyl sites for hydroxylation is 2. The normalized spacial score (nSPS) is 24.8. The maximum atomic E-state index is 6.29. The van der Waals surface area contributed by atoms with Crippen molar-refractivity contribution in [2.45, 2.75) is 63.7 Å². The van der Waals surface area contributed by atoms with Crippen molar-refractivity contribution in [2.75, 3.05) is 0 Å². The first-order chi connectivity index (χ1) is 12.2. The second-order valence-electron chi connectivity index (χ2n) is 7.43. The average molecular weight is 374 g/mol. The number of hydrogen-bond donors (Lipinski definition) is 1. The van der Waals surface area contributed by atoms with Crippen LogP contribution in [0.2, 0.25) is 0 Å². The SMILES string of the molecule is Cc1ccccc1C1CCc2cc(OC3CCC(N)CC3)ccc2O1.Cl. The highest BCUT2D eigenvalue weighted by Crippen LogP contribution is 2.38. The highest BCUT2D eigenvalue weighted by Gasteiger charge is 2.24. The van der Waals surface area contributed by atoms with Crippen LogP contribution in [-0.4, -0.2) is 12.1 Å². The lowest BCUT2D eigenvalue weighted by molar-refractivity contribution is 0.145. The minimum Gasteiger partial charge on any atom is -0.490 e. The molecule has 4 heteroatoms. The second kappa shape index (κ2) is 8.32. The van der Waals surface area contributed by atoms with Crippen molar-refractivity contribution in [3.05, 3.63) is 59.2 Å². The summed E-state index contributed by atoms with van der Waals surface area (Å²) in [7, 11) is 0. The van der Waals surface area contributed by atoms with Crippen LogP contribution in [0.3, 0.4) is 0 Å². The topological polar surface area (TPSA) is 44.5 Å². The molecule has 1 unspecified atom stereocenters. The van der Waals surface area contributed by atoms with Crippen molar-refractivity contribution in [2.24, 2.45) is 5.73 Å². The predicted molar refractivity (Wildman–Crippen MR) is 107 cm³/mol. The summed E-state index contributed by atoms with van der Waals surface area (Å²) in [6.45, 7) is 2.15. The van der Waals surface area contributed by atoms with Gasteiger partial charge in [0.25, 0.3) is 0 Å². The Kier molecular flexibility index (Phi) is 6.10. The van der Waals surface area contributed by atoms with E-state index in [1.807, 2.05) is 6.07 Å². The van der Waals surface area contributed by atoms with Gasteiger partial charge >= 0.3 is 0 Å². The van der Waals surface area contributed by atoms with Gasteiger partial charge in [-0.05, 0) is 80.3 Å². The average Bonchev–Trinajstić information content (AvgIpc) is 2.64. The van der Waals surface area contributed by atoms with Gasteiger partial charge in [0, 0.05) is 6.04 Å². The van der Waals surface area contributed by atoms with Crippen LogP contribution in [0.25, 0.3) is 0 Å². The molecule has 0 amide bonds. The van der Waals surface area contributed by atoms with Gasteiger partial charge in [0.05, 0.1) is 6.10 Å². The Morgan fingerprint density at radius 1 is 1.00 bits per heavy atom. The zero-order chi connectivity index (χ0) is 17.2. The Morgan fingerprint density at radius 3 is 2.54 bits per heavy atom. The first kappa shape index (κ1) is 19.1. The fourth-order valence-electron chi connectivity index (χ4n) is 4.00. The third kappa shape index (κ3) is 4.16. The van der Waals surface area contributed by atoms with Gasteiger partial charge in [-0.2, -0.15) is 0 Å². The van der Waals surface area contributed by atoms with E-state index in [0.29, 0.717) is 12.1 Å². The van der Waals surface area contributed by atoms with Crippen molar-refractivity contribution in [1.29, 1.82) is 0 Å². The molecule has 2 N–H and O–H groups in total. The number of fused-ring (bicyclic) bond motifs is 1. The van der Waals surface area contributed by atoms with E-state index < -0.39 is 0 Å². The molecule has 140 valence electrons. The Labute approximate surface area is 162 Å². The molecule has 0 saturated heterocycles. The van der Waals surface area contributed by atoms with Crippen LogP contribution in [0.15, 0.2) is 42.5 Å². The molecule has 3 nitrogen and oxygen atoms in total. The van der Waals surface area contributed by atoms with E-state index in [1.165, 1.54) is 16.7 Å². The molecule has 0 spiro atoms. The highest BCUT2D eigenvalue weighted by atomic mass is 35.5. The van der Waals surface area contributed by atoms with Gasteiger partial charge in [-0.25, -0.2) is 0 Å². The maximum Gasteiger partial charge on any atom is 0.124 e. The number of nitrogens with two attached hydrogens (primary N) is 1. The van der Waals surface area contributed by atoms with Gasteiger partial charge in [-0.1, -0.05) is 24.3 Å². The van der Waals surface area contributed by atoms with Crippen LogP contribution in [0.1, 0.15) is 54.9 Å². The second-order valence-corrected chi connectivity index (χ2v) is 7.43. The van der Waals surface area contributed by atoms with Crippen molar-refractivity contribution in [3.8, 4) is 11.5 Å². The third-order valence-corrected chi connectivity index (χ3v) is 5.53. The lowest BCUT2D eigenvalue weighted by Crippen LogP contribution is -2.31. The summed E-state index contributed by atoms with van der Waals surface area (Å²) >= 11 is 0. The van der Waals surface area contributed by atoms with E-state index in [2.05, 4.69) is 43.3 Å². The number of halogens is 1. The summed E-state index contributed by atoms with van der Waals surface area (Å²) in [4.78, 5) is 0. The van der Waals surface area contributed by atoms with Gasteiger partial charge in [0.1, 0.15) is 17.6 Å². The zero-order valence-corrected chi connectivity index (χ0v) is 16.1. The van der Waals surface area contributed by atoms with Gasteiger partial charge in [-0.15, -0.1) is 12.4 Å². The molecule has 0 bridgehead atoms. The number of rotatable bonds is 3. The third-order valence-electron chi connectivity index (χ3n) is 5.53. The molecule has 2 aromatic rings. The van der Waals surface area contributed by atoms with Gasteiger partial charge in [-0.3, -0.25) is 0 Å². The molecule has 4 rings (SSSR count). The number of hydrogen-bond acceptors (Lipinski definition) is 3. The first-order valence-corrected chi connectivity index (χ1v) is 9.46. The standard InChI is InChI=1S/C22H27NO2.ClH/c1-15-4-2-3-5-20(15)22-12-6-16-14-19(11-13-21(16)25-22)24-18-9-7-17(23)8-10-18;/h2-5,11,13-14,17-18,22H,6-10,12,23H2,1H3;1H. The largest absolute Gasteiger partial charge is 0.490 e. The van der Waals surface area contributed by atoms with Crippen LogP contribution in [-0.2, 0) is 6.42 Å². The monoisotopic (exact) mass is 373 g/mol. The number of benzene rings is 2. The van der Waals surface area contributed by atoms with E-state index in [9.17, 15) is 0 Å². The van der Waals surface area contributed by atoms with Gasteiger partial charge in [0.2, 0.25) is 0 Å². The first-order valence-electron chi connectivity index (χ1n) is 9.46. The summed E-state index contributed by atoms with van der Waals surface area (Å²) in [6, 6.07) is 15.1. The summed E-state index contributed by atoms with van der Waals surface area (Å²) in [5.74, 6) is 1.97. The smallest absolute Gasteiger partial charge is 0.124 e. The molecular formula is C22H28ClNO2. The number of ether oxygens (including phenoxy) is 2. The fraction of sp³-hybridized carbons (Fsp3) is 0.455. The van der Waals surface area contributed by atoms with E-state index in [0.717, 1.165) is 50.0 Å². The van der Waals surface area contributed by atoms with Crippen molar-refractivity contribution >= 4 is 12.4 Å². The summed E-state index contributed by atoms with van der Waals surface area (Å²) in [6.07, 6.45) is 6.75. The zero-order valence-electron chi connectivity index (χ0n) is 15.3. The maximum absolute atomic E-state index is 6.29. The Bertz CT molecular complexity index is 741. The molecular weight excluding hydrogens is 346 g/mol. The lowest BCUT2D eigenvalue weighted by atomic mass is 9.93. The minimum absolute atomic E-state index is 0. The molecule has 1 heterocycles. The molecule has 1 aliphatic heterocycles. The lowest BCUT2D eigenvalue weighted by Gasteiger charge is -2.29. The van der Waals surface area contributed by atoms with Crippen LogP contribution >= 0.6 is 12.4 Å². The summed E-state index contributed by atoms with van der Waals surface area (Å²) in [5, 5.41) is 0. The minimum atomic E-state index is 0. The van der Waals surface area contributed by atoms with Crippen molar-refractivity contribution in [3.63, 3.8) is 0 Å². The summed E-state index contributed by atoms with van der Waals surface area (Å²) in [5.41, 5.74) is 9.84. The van der Waals surface area contributed by atoms with E-state index in [4.69, 9.17) is 15.2 Å². The van der Waals surface area contributed by atoms with Crippen LogP contribution in [0.4, 0.5) is 0 Å². The van der Waals surface area contributed by atoms with Crippen molar-refractivity contribution < 1.29 is 9.47 Å². The molecule has 2 aromatic carbocycles. The van der Waals surface area contributed by atoms with E-state index in [1.54, 1.807) is 0 Å². The van der Waals surface area contributed by atoms with E-state index in [-0.39, 0.29) is 18.5 Å². The molecule has 1 aliphatic carbocycles. The quantitative estimate of drug-likeness (QED) is 0.810. The van der Waals surface area contributed by atoms with Gasteiger partial charge < -0.3 is 15.2 Å². The highest BCUT2D eigenvalue weighted by molar-refractivity contribution is 5.85. The van der Waals surface area contributed by atoms with E-state index >= 15 is 0 Å². The summed E-state index contributed by atoms with van der Waals surface area (Å²) < 4.78 is 12.5. The Hall–Kier alpha value is -1.71.